The molecule has 20 heavy (non-hydrogen) atoms. The van der Waals surface area contributed by atoms with E-state index in [9.17, 15) is 4.39 Å². The van der Waals surface area contributed by atoms with E-state index in [0.29, 0.717) is 17.6 Å². The van der Waals surface area contributed by atoms with Crippen LogP contribution in [0.1, 0.15) is 39.7 Å². The smallest absolute Gasteiger partial charge is 0.398 e. The Labute approximate surface area is 119 Å². The highest BCUT2D eigenvalue weighted by molar-refractivity contribution is 6.61. The van der Waals surface area contributed by atoms with Gasteiger partial charge < -0.3 is 9.31 Å². The van der Waals surface area contributed by atoms with E-state index in [2.05, 4.69) is 4.98 Å². The van der Waals surface area contributed by atoms with Crippen molar-refractivity contribution in [2.24, 2.45) is 0 Å². The van der Waals surface area contributed by atoms with Crippen LogP contribution in [0.25, 0.3) is 0 Å². The molecule has 0 spiro atoms. The normalized spacial score (nSPS) is 19.9. The third-order valence-corrected chi connectivity index (χ3v) is 3.95. The summed E-state index contributed by atoms with van der Waals surface area (Å²) >= 11 is 0. The van der Waals surface area contributed by atoms with Crippen molar-refractivity contribution in [3.8, 4) is 6.07 Å². The van der Waals surface area contributed by atoms with E-state index in [1.807, 2.05) is 33.8 Å². The van der Waals surface area contributed by atoms with E-state index in [0.717, 1.165) is 0 Å². The Morgan fingerprint density at radius 1 is 1.25 bits per heavy atom. The van der Waals surface area contributed by atoms with E-state index in [1.54, 1.807) is 12.1 Å². The highest BCUT2D eigenvalue weighted by Gasteiger charge is 2.52. The first kappa shape index (κ1) is 15.0. The maximum Gasteiger partial charge on any atom is 0.514 e. The molecule has 0 aliphatic carbocycles. The second-order valence-corrected chi connectivity index (χ2v) is 5.93. The van der Waals surface area contributed by atoms with Crippen LogP contribution in [0.15, 0.2) is 12.1 Å². The average molecular weight is 276 g/mol. The largest absolute Gasteiger partial charge is 0.514 e. The molecule has 0 bridgehead atoms. The molecule has 1 aromatic heterocycles. The molecule has 1 aliphatic heterocycles. The molecular weight excluding hydrogens is 258 g/mol. The van der Waals surface area contributed by atoms with Crippen LogP contribution in [0.2, 0.25) is 0 Å². The van der Waals surface area contributed by atoms with Crippen LogP contribution in [-0.2, 0) is 15.7 Å². The SMILES string of the molecule is CC1(C)OB(c2ccc(CCC#N)c(F)n2)OC1(C)C. The quantitative estimate of drug-likeness (QED) is 0.625. The van der Waals surface area contributed by atoms with Gasteiger partial charge in [-0.05, 0) is 40.2 Å². The second kappa shape index (κ2) is 5.15. The summed E-state index contributed by atoms with van der Waals surface area (Å²) in [5, 5.41) is 8.53. The van der Waals surface area contributed by atoms with Crippen molar-refractivity contribution in [3.63, 3.8) is 0 Å². The summed E-state index contributed by atoms with van der Waals surface area (Å²) in [6.07, 6.45) is 0.632. The molecule has 6 heteroatoms. The maximum atomic E-state index is 13.9. The molecule has 4 nitrogen and oxygen atoms in total. The molecule has 0 N–H and O–H groups in total. The van der Waals surface area contributed by atoms with E-state index in [4.69, 9.17) is 14.6 Å². The molecular formula is C14H18BFN2O2. The number of hydrogen-bond donors (Lipinski definition) is 0. The van der Waals surface area contributed by atoms with Gasteiger partial charge in [-0.15, -0.1) is 0 Å². The Hall–Kier alpha value is -1.45. The molecule has 1 aromatic rings. The third kappa shape index (κ3) is 2.69. The summed E-state index contributed by atoms with van der Waals surface area (Å²) in [4.78, 5) is 3.91. The van der Waals surface area contributed by atoms with Gasteiger partial charge in [-0.2, -0.15) is 9.65 Å². The number of hydrogen-bond acceptors (Lipinski definition) is 4. The highest BCUT2D eigenvalue weighted by atomic mass is 19.1. The van der Waals surface area contributed by atoms with Crippen molar-refractivity contribution >= 4 is 12.7 Å². The molecule has 0 radical (unpaired) electrons. The van der Waals surface area contributed by atoms with E-state index >= 15 is 0 Å². The van der Waals surface area contributed by atoms with Crippen molar-refractivity contribution in [1.29, 1.82) is 5.26 Å². The monoisotopic (exact) mass is 276 g/mol. The van der Waals surface area contributed by atoms with Crippen molar-refractivity contribution < 1.29 is 13.7 Å². The van der Waals surface area contributed by atoms with Gasteiger partial charge in [0.15, 0.2) is 0 Å². The van der Waals surface area contributed by atoms with Gasteiger partial charge in [0.25, 0.3) is 0 Å². The number of aromatic nitrogens is 1. The van der Waals surface area contributed by atoms with Gasteiger partial charge in [-0.3, -0.25) is 0 Å². The summed E-state index contributed by atoms with van der Waals surface area (Å²) < 4.78 is 25.5. The summed E-state index contributed by atoms with van der Waals surface area (Å²) in [5.41, 5.74) is -0.0985. The van der Waals surface area contributed by atoms with Crippen LogP contribution < -0.4 is 5.59 Å². The summed E-state index contributed by atoms with van der Waals surface area (Å²) in [6.45, 7) is 7.74. The summed E-state index contributed by atoms with van der Waals surface area (Å²) in [5.74, 6) is -0.563. The van der Waals surface area contributed by atoms with E-state index in [-0.39, 0.29) is 6.42 Å². The third-order valence-electron chi connectivity index (χ3n) is 3.95. The van der Waals surface area contributed by atoms with Gasteiger partial charge in [0.1, 0.15) is 0 Å². The lowest BCUT2D eigenvalue weighted by Crippen LogP contribution is -2.41. The van der Waals surface area contributed by atoms with Crippen LogP contribution >= 0.6 is 0 Å². The Kier molecular flexibility index (Phi) is 3.85. The maximum absolute atomic E-state index is 13.9. The lowest BCUT2D eigenvalue weighted by molar-refractivity contribution is 0.00578. The Morgan fingerprint density at radius 3 is 2.35 bits per heavy atom. The van der Waals surface area contributed by atoms with E-state index < -0.39 is 24.3 Å². The van der Waals surface area contributed by atoms with Gasteiger partial charge >= 0.3 is 7.12 Å². The van der Waals surface area contributed by atoms with Crippen molar-refractivity contribution in [2.45, 2.75) is 51.7 Å². The molecule has 1 aliphatic rings. The second-order valence-electron chi connectivity index (χ2n) is 5.93. The summed E-state index contributed by atoms with van der Waals surface area (Å²) in [7, 11) is -0.667. The number of pyridine rings is 1. The minimum Gasteiger partial charge on any atom is -0.398 e. The fourth-order valence-electron chi connectivity index (χ4n) is 1.95. The Morgan fingerprint density at radius 2 is 1.85 bits per heavy atom. The van der Waals surface area contributed by atoms with Crippen LogP contribution in [0.3, 0.4) is 0 Å². The fourth-order valence-corrected chi connectivity index (χ4v) is 1.95. The first-order valence-electron chi connectivity index (χ1n) is 6.65. The van der Waals surface area contributed by atoms with Crippen LogP contribution in [0, 0.1) is 17.3 Å². The van der Waals surface area contributed by atoms with Crippen molar-refractivity contribution in [2.75, 3.05) is 0 Å². The zero-order valence-electron chi connectivity index (χ0n) is 12.2. The number of nitrogens with zero attached hydrogens (tertiary/aromatic N) is 2. The molecule has 2 rings (SSSR count). The van der Waals surface area contributed by atoms with Crippen LogP contribution in [0.5, 0.6) is 0 Å². The molecule has 0 atom stereocenters. The van der Waals surface area contributed by atoms with Gasteiger partial charge in [0, 0.05) is 12.0 Å². The number of halogens is 1. The molecule has 106 valence electrons. The molecule has 1 fully saturated rings. The predicted molar refractivity (Wildman–Crippen MR) is 73.8 cm³/mol. The zero-order valence-corrected chi connectivity index (χ0v) is 12.2. The number of nitriles is 1. The van der Waals surface area contributed by atoms with Gasteiger partial charge in [0.05, 0.1) is 22.9 Å². The van der Waals surface area contributed by atoms with Crippen LogP contribution in [0.4, 0.5) is 4.39 Å². The molecule has 0 saturated carbocycles. The molecule has 2 heterocycles. The zero-order chi connectivity index (χ0) is 15.0. The van der Waals surface area contributed by atoms with Crippen LogP contribution in [-0.4, -0.2) is 23.3 Å². The summed E-state index contributed by atoms with van der Waals surface area (Å²) in [6, 6.07) is 5.32. The minimum absolute atomic E-state index is 0.272. The Balaban J connectivity index is 2.20. The lowest BCUT2D eigenvalue weighted by atomic mass is 9.84. The number of aryl methyl sites for hydroxylation is 1. The average Bonchev–Trinajstić information content (AvgIpc) is 2.57. The first-order valence-corrected chi connectivity index (χ1v) is 6.65. The topological polar surface area (TPSA) is 55.1 Å². The molecule has 0 unspecified atom stereocenters. The first-order chi connectivity index (χ1) is 9.27. The van der Waals surface area contributed by atoms with Gasteiger partial charge in [-0.25, -0.2) is 4.98 Å². The van der Waals surface area contributed by atoms with E-state index in [1.165, 1.54) is 0 Å². The molecule has 1 saturated heterocycles. The molecule has 0 aromatic carbocycles. The van der Waals surface area contributed by atoms with Crippen molar-refractivity contribution in [1.82, 2.24) is 4.98 Å². The van der Waals surface area contributed by atoms with Crippen molar-refractivity contribution in [3.05, 3.63) is 23.6 Å². The molecule has 0 amide bonds. The van der Waals surface area contributed by atoms with Gasteiger partial charge in [-0.1, -0.05) is 6.07 Å². The standard InChI is InChI=1S/C14H18BFN2O2/c1-13(2)14(3,4)20-15(19-13)11-8-7-10(6-5-9-17)12(16)18-11/h7-8H,5-6H2,1-4H3. The number of rotatable bonds is 3. The van der Waals surface area contributed by atoms with Gasteiger partial charge in [0.2, 0.25) is 5.95 Å². The fraction of sp³-hybridized carbons (Fsp3) is 0.571. The Bertz CT molecular complexity index is 539. The predicted octanol–water partition coefficient (Wildman–Crippen LogP) is 1.98. The lowest BCUT2D eigenvalue weighted by Gasteiger charge is -2.32. The highest BCUT2D eigenvalue weighted by Crippen LogP contribution is 2.36. The minimum atomic E-state index is -0.667.